The van der Waals surface area contributed by atoms with E-state index in [2.05, 4.69) is 5.32 Å². The van der Waals surface area contributed by atoms with Gasteiger partial charge in [0.2, 0.25) is 0 Å². The Hall–Kier alpha value is -0.930. The maximum Gasteiger partial charge on any atom is 0.127 e. The minimum Gasteiger partial charge on any atom is -0.376 e. The molecule has 1 aliphatic heterocycles. The highest BCUT2D eigenvalue weighted by atomic mass is 19.1. The molecule has 0 aromatic heterocycles. The summed E-state index contributed by atoms with van der Waals surface area (Å²) in [5.41, 5.74) is -0.193. The second kappa shape index (κ2) is 2.79. The number of halogens is 1. The molecule has 70 valence electrons. The molecular weight excluding hydrogens is 169 g/mol. The molecule has 1 aliphatic rings. The van der Waals surface area contributed by atoms with E-state index in [0.29, 0.717) is 12.0 Å². The molecule has 0 radical (unpaired) electrons. The lowest BCUT2D eigenvalue weighted by atomic mass is 9.89. The first-order chi connectivity index (χ1) is 6.08. The Morgan fingerprint density at radius 3 is 2.69 bits per heavy atom. The van der Waals surface area contributed by atoms with Crippen molar-refractivity contribution in [2.24, 2.45) is 0 Å². The van der Waals surface area contributed by atoms with Gasteiger partial charge in [-0.2, -0.15) is 0 Å². The summed E-state index contributed by atoms with van der Waals surface area (Å²) < 4.78 is 13.2. The van der Waals surface area contributed by atoms with Gasteiger partial charge in [0.25, 0.3) is 0 Å². The third kappa shape index (κ3) is 1.57. The lowest BCUT2D eigenvalue weighted by molar-refractivity contribution is -0.0705. The standard InChI is InChI=1S/C10H12FNO/c1-10(13)6-9(12-10)7-4-2-3-5-8(7)11/h2-5,9,12-13H,6H2,1H3/t9-,10?/m1/s1. The van der Waals surface area contributed by atoms with E-state index in [4.69, 9.17) is 0 Å². The maximum atomic E-state index is 13.2. The van der Waals surface area contributed by atoms with E-state index in [1.54, 1.807) is 25.1 Å². The van der Waals surface area contributed by atoms with E-state index in [9.17, 15) is 9.50 Å². The highest BCUT2D eigenvalue weighted by Gasteiger charge is 2.39. The largest absolute Gasteiger partial charge is 0.376 e. The Kier molecular flexibility index (Phi) is 1.86. The summed E-state index contributed by atoms with van der Waals surface area (Å²) in [7, 11) is 0. The number of hydrogen-bond donors (Lipinski definition) is 2. The van der Waals surface area contributed by atoms with Gasteiger partial charge in [-0.05, 0) is 13.0 Å². The Bertz CT molecular complexity index is 316. The van der Waals surface area contributed by atoms with Gasteiger partial charge in [-0.25, -0.2) is 4.39 Å². The average molecular weight is 181 g/mol. The summed E-state index contributed by atoms with van der Waals surface area (Å²) in [5, 5.41) is 12.3. The fourth-order valence-electron chi connectivity index (χ4n) is 1.70. The molecule has 1 aromatic carbocycles. The van der Waals surface area contributed by atoms with Crippen LogP contribution in [0.15, 0.2) is 24.3 Å². The predicted octanol–water partition coefficient (Wildman–Crippen LogP) is 1.57. The first-order valence-electron chi connectivity index (χ1n) is 4.33. The lowest BCUT2D eigenvalue weighted by Gasteiger charge is -2.43. The highest BCUT2D eigenvalue weighted by molar-refractivity contribution is 5.24. The molecule has 13 heavy (non-hydrogen) atoms. The van der Waals surface area contributed by atoms with Crippen LogP contribution in [0.2, 0.25) is 0 Å². The first-order valence-corrected chi connectivity index (χ1v) is 4.33. The zero-order chi connectivity index (χ0) is 9.47. The van der Waals surface area contributed by atoms with Gasteiger partial charge in [0.1, 0.15) is 11.5 Å². The molecule has 0 spiro atoms. The molecule has 1 fully saturated rings. The first kappa shape index (κ1) is 8.66. The van der Waals surface area contributed by atoms with Crippen molar-refractivity contribution in [2.45, 2.75) is 25.1 Å². The second-order valence-corrected chi connectivity index (χ2v) is 3.70. The van der Waals surface area contributed by atoms with Gasteiger partial charge < -0.3 is 5.11 Å². The molecule has 0 aliphatic carbocycles. The highest BCUT2D eigenvalue weighted by Crippen LogP contribution is 2.34. The van der Waals surface area contributed by atoms with Gasteiger partial charge in [-0.1, -0.05) is 18.2 Å². The number of aliphatic hydroxyl groups is 1. The fraction of sp³-hybridized carbons (Fsp3) is 0.400. The van der Waals surface area contributed by atoms with Crippen molar-refractivity contribution in [2.75, 3.05) is 0 Å². The van der Waals surface area contributed by atoms with E-state index < -0.39 is 5.72 Å². The van der Waals surface area contributed by atoms with Crippen molar-refractivity contribution in [1.82, 2.24) is 5.32 Å². The summed E-state index contributed by atoms with van der Waals surface area (Å²) in [6.07, 6.45) is 0.563. The van der Waals surface area contributed by atoms with Crippen LogP contribution in [-0.4, -0.2) is 10.8 Å². The minimum atomic E-state index is -0.826. The number of nitrogens with one attached hydrogen (secondary N) is 1. The number of benzene rings is 1. The molecule has 1 saturated heterocycles. The van der Waals surface area contributed by atoms with E-state index in [1.807, 2.05) is 0 Å². The third-order valence-electron chi connectivity index (χ3n) is 2.37. The Labute approximate surface area is 76.4 Å². The molecule has 2 rings (SSSR count). The van der Waals surface area contributed by atoms with Crippen LogP contribution in [0, 0.1) is 5.82 Å². The zero-order valence-electron chi connectivity index (χ0n) is 7.42. The monoisotopic (exact) mass is 181 g/mol. The van der Waals surface area contributed by atoms with Crippen LogP contribution in [-0.2, 0) is 0 Å². The van der Waals surface area contributed by atoms with E-state index in [0.717, 1.165) is 0 Å². The van der Waals surface area contributed by atoms with Crippen LogP contribution in [0.1, 0.15) is 24.9 Å². The predicted molar refractivity (Wildman–Crippen MR) is 47.5 cm³/mol. The molecule has 1 aromatic rings. The average Bonchev–Trinajstić information content (AvgIpc) is 2.01. The molecule has 3 heteroatoms. The minimum absolute atomic E-state index is 0.0452. The topological polar surface area (TPSA) is 32.3 Å². The number of hydrogen-bond acceptors (Lipinski definition) is 2. The number of rotatable bonds is 1. The van der Waals surface area contributed by atoms with Gasteiger partial charge in [-0.3, -0.25) is 5.32 Å². The molecule has 0 amide bonds. The Morgan fingerprint density at radius 1 is 1.54 bits per heavy atom. The van der Waals surface area contributed by atoms with Crippen molar-refractivity contribution in [3.63, 3.8) is 0 Å². The van der Waals surface area contributed by atoms with Crippen molar-refractivity contribution >= 4 is 0 Å². The van der Waals surface area contributed by atoms with Gasteiger partial charge in [0.05, 0.1) is 0 Å². The van der Waals surface area contributed by atoms with E-state index >= 15 is 0 Å². The van der Waals surface area contributed by atoms with Crippen molar-refractivity contribution in [3.8, 4) is 0 Å². The van der Waals surface area contributed by atoms with Crippen molar-refractivity contribution in [1.29, 1.82) is 0 Å². The summed E-state index contributed by atoms with van der Waals surface area (Å²) >= 11 is 0. The molecule has 2 N–H and O–H groups in total. The van der Waals surface area contributed by atoms with Gasteiger partial charge in [-0.15, -0.1) is 0 Å². The van der Waals surface area contributed by atoms with Crippen molar-refractivity contribution < 1.29 is 9.50 Å². The maximum absolute atomic E-state index is 13.2. The third-order valence-corrected chi connectivity index (χ3v) is 2.37. The van der Waals surface area contributed by atoms with E-state index in [1.165, 1.54) is 6.07 Å². The molecule has 0 saturated carbocycles. The zero-order valence-corrected chi connectivity index (χ0v) is 7.42. The van der Waals surface area contributed by atoms with Crippen LogP contribution < -0.4 is 5.32 Å². The normalized spacial score (nSPS) is 32.7. The quantitative estimate of drug-likeness (QED) is 0.689. The van der Waals surface area contributed by atoms with Crippen LogP contribution in [0.4, 0.5) is 4.39 Å². The molecule has 0 bridgehead atoms. The summed E-state index contributed by atoms with van der Waals surface area (Å²) in [5.74, 6) is -0.212. The van der Waals surface area contributed by atoms with Crippen LogP contribution >= 0.6 is 0 Å². The SMILES string of the molecule is CC1(O)C[C@H](c2ccccc2F)N1. The summed E-state index contributed by atoms with van der Waals surface area (Å²) in [6, 6.07) is 6.59. The van der Waals surface area contributed by atoms with Gasteiger partial charge in [0.15, 0.2) is 0 Å². The molecule has 2 atom stereocenters. The van der Waals surface area contributed by atoms with Crippen molar-refractivity contribution in [3.05, 3.63) is 35.6 Å². The van der Waals surface area contributed by atoms with Crippen LogP contribution in [0.25, 0.3) is 0 Å². The van der Waals surface area contributed by atoms with Gasteiger partial charge >= 0.3 is 0 Å². The van der Waals surface area contributed by atoms with Gasteiger partial charge in [0, 0.05) is 18.0 Å². The fourth-order valence-corrected chi connectivity index (χ4v) is 1.70. The van der Waals surface area contributed by atoms with Crippen LogP contribution in [0.3, 0.4) is 0 Å². The molecule has 1 unspecified atom stereocenters. The Morgan fingerprint density at radius 2 is 2.15 bits per heavy atom. The second-order valence-electron chi connectivity index (χ2n) is 3.70. The van der Waals surface area contributed by atoms with Crippen LogP contribution in [0.5, 0.6) is 0 Å². The lowest BCUT2D eigenvalue weighted by Crippen LogP contribution is -2.56. The summed E-state index contributed by atoms with van der Waals surface area (Å²) in [4.78, 5) is 0. The molecule has 1 heterocycles. The van der Waals surface area contributed by atoms with E-state index in [-0.39, 0.29) is 11.9 Å². The molecular formula is C10H12FNO. The smallest absolute Gasteiger partial charge is 0.127 e. The summed E-state index contributed by atoms with van der Waals surface area (Å²) in [6.45, 7) is 1.68. The Balaban J connectivity index is 2.16. The molecule has 2 nitrogen and oxygen atoms in total.